The molecule has 1 atom stereocenters. The summed E-state index contributed by atoms with van der Waals surface area (Å²) in [6.45, 7) is 5.83. The first-order chi connectivity index (χ1) is 4.39. The van der Waals surface area contributed by atoms with Gasteiger partial charge in [-0.1, -0.05) is 20.8 Å². The van der Waals surface area contributed by atoms with Gasteiger partial charge in [0.1, 0.15) is 0 Å². The minimum atomic E-state index is -3.08. The van der Waals surface area contributed by atoms with E-state index >= 15 is 0 Å². The second kappa shape index (κ2) is 4.13. The van der Waals surface area contributed by atoms with Crippen LogP contribution >= 0.6 is 17.1 Å². The highest BCUT2D eigenvalue weighted by atomic mass is 35.7. The molecular weight excluding hydrogens is 191 g/mol. The van der Waals surface area contributed by atoms with Crippen LogP contribution in [0.5, 0.6) is 0 Å². The average molecular weight is 205 g/mol. The summed E-state index contributed by atoms with van der Waals surface area (Å²) >= 11 is 5.43. The largest absolute Gasteiger partial charge is 0.338 e. The second-order valence-corrected chi connectivity index (χ2v) is 10.4. The van der Waals surface area contributed by atoms with Gasteiger partial charge in [0, 0.05) is 0 Å². The van der Waals surface area contributed by atoms with Gasteiger partial charge in [-0.05, 0) is 22.2 Å². The van der Waals surface area contributed by atoms with Gasteiger partial charge >= 0.3 is 0 Å². The van der Waals surface area contributed by atoms with E-state index in [1.165, 1.54) is 0 Å². The smallest absolute Gasteiger partial charge is 0.236 e. The summed E-state index contributed by atoms with van der Waals surface area (Å²) in [5.74, 6) is -2.33. The minimum Gasteiger partial charge on any atom is -0.338 e. The third-order valence-electron chi connectivity index (χ3n) is 1.14. The van der Waals surface area contributed by atoms with Crippen LogP contribution in [0.4, 0.5) is 0 Å². The van der Waals surface area contributed by atoms with Crippen LogP contribution in [0.15, 0.2) is 0 Å². The van der Waals surface area contributed by atoms with Gasteiger partial charge in [0.05, 0.1) is 0 Å². The fraction of sp³-hybridized carbons (Fsp3) is 1.00. The topological polar surface area (TPSA) is 40.5 Å². The lowest BCUT2D eigenvalue weighted by atomic mass is 10.6. The van der Waals surface area contributed by atoms with Crippen molar-refractivity contribution in [3.63, 3.8) is 0 Å². The predicted molar refractivity (Wildman–Crippen MR) is 50.3 cm³/mol. The van der Waals surface area contributed by atoms with Crippen molar-refractivity contribution in [1.82, 2.24) is 0 Å². The van der Waals surface area contributed by atoms with Crippen molar-refractivity contribution in [1.29, 1.82) is 0 Å². The zero-order valence-electron chi connectivity index (χ0n) is 6.41. The van der Waals surface area contributed by atoms with E-state index in [0.717, 1.165) is 5.75 Å². The standard InChI is InChI=1S/C5H14ClO2PS/c1-4-10(5(2)3)9(6,7)8/h5,7-8H,4H2,1-3H3. The van der Waals surface area contributed by atoms with Gasteiger partial charge < -0.3 is 9.79 Å². The Hall–Kier alpha value is 0.990. The van der Waals surface area contributed by atoms with Crippen molar-refractivity contribution < 1.29 is 9.79 Å². The molecule has 10 heavy (non-hydrogen) atoms. The highest BCUT2D eigenvalue weighted by Crippen LogP contribution is 2.48. The molecule has 0 aromatic heterocycles. The van der Waals surface area contributed by atoms with E-state index in [0.29, 0.717) is 0 Å². The molecule has 0 saturated carbocycles. The van der Waals surface area contributed by atoms with Gasteiger partial charge in [-0.3, -0.25) is 0 Å². The molecule has 0 amide bonds. The maximum atomic E-state index is 9.09. The summed E-state index contributed by atoms with van der Waals surface area (Å²) < 4.78 is 0. The van der Waals surface area contributed by atoms with Crippen LogP contribution < -0.4 is 0 Å². The molecule has 1 unspecified atom stereocenters. The highest BCUT2D eigenvalue weighted by molar-refractivity contribution is 8.37. The molecule has 0 aliphatic carbocycles. The number of hydrogen-bond donors (Lipinski definition) is 2. The van der Waals surface area contributed by atoms with E-state index in [9.17, 15) is 0 Å². The Labute approximate surface area is 69.1 Å². The molecule has 5 heteroatoms. The van der Waals surface area contributed by atoms with E-state index in [2.05, 4.69) is 0 Å². The van der Waals surface area contributed by atoms with Crippen LogP contribution in [-0.2, 0) is 10.1 Å². The molecule has 0 aromatic rings. The van der Waals surface area contributed by atoms with Crippen LogP contribution in [0.3, 0.4) is 0 Å². The van der Waals surface area contributed by atoms with Crippen LogP contribution in [-0.4, -0.2) is 20.8 Å². The molecule has 0 aliphatic heterocycles. The summed E-state index contributed by atoms with van der Waals surface area (Å²) in [7, 11) is -0.413. The quantitative estimate of drug-likeness (QED) is 0.675. The molecule has 0 aromatic carbocycles. The van der Waals surface area contributed by atoms with Crippen molar-refractivity contribution in [3.05, 3.63) is 0 Å². The van der Waals surface area contributed by atoms with Gasteiger partial charge in [-0.15, -0.1) is 10.1 Å². The molecule has 0 aliphatic rings. The van der Waals surface area contributed by atoms with Crippen LogP contribution in [0.25, 0.3) is 0 Å². The lowest BCUT2D eigenvalue weighted by Gasteiger charge is -2.16. The molecule has 0 fully saturated rings. The van der Waals surface area contributed by atoms with E-state index in [1.807, 2.05) is 20.8 Å². The predicted octanol–water partition coefficient (Wildman–Crippen LogP) is 1.93. The van der Waals surface area contributed by atoms with Crippen molar-refractivity contribution in [2.24, 2.45) is 0 Å². The van der Waals surface area contributed by atoms with Crippen molar-refractivity contribution in [3.8, 4) is 0 Å². The Morgan fingerprint density at radius 1 is 1.50 bits per heavy atom. The van der Waals surface area contributed by atoms with Gasteiger partial charge in [0.2, 0.25) is 5.84 Å². The molecule has 2 nitrogen and oxygen atoms in total. The summed E-state index contributed by atoms with van der Waals surface area (Å²) in [5, 5.41) is 0.269. The van der Waals surface area contributed by atoms with Crippen LogP contribution in [0.2, 0.25) is 0 Å². The molecular formula is C5H14ClO2PS. The first-order valence-corrected chi connectivity index (χ1v) is 7.80. The molecule has 0 bridgehead atoms. The van der Waals surface area contributed by atoms with E-state index in [1.54, 1.807) is 0 Å². The zero-order valence-corrected chi connectivity index (χ0v) is 8.88. The molecule has 0 saturated heterocycles. The normalized spacial score (nSPS) is 15.9. The van der Waals surface area contributed by atoms with E-state index in [-0.39, 0.29) is 5.25 Å². The molecule has 2 N–H and O–H groups in total. The van der Waals surface area contributed by atoms with Crippen molar-refractivity contribution in [2.45, 2.75) is 26.0 Å². The SMILES string of the molecule is CCS(C(C)C)=P(O)(O)Cl. The van der Waals surface area contributed by atoms with Crippen LogP contribution in [0, 0.1) is 0 Å². The maximum absolute atomic E-state index is 9.09. The number of halogens is 1. The third kappa shape index (κ3) is 3.40. The Balaban J connectivity index is 4.65. The molecule has 64 valence electrons. The Morgan fingerprint density at radius 3 is 1.90 bits per heavy atom. The second-order valence-electron chi connectivity index (χ2n) is 2.21. The van der Waals surface area contributed by atoms with Gasteiger partial charge in [0.15, 0.2) is 0 Å². The molecule has 0 radical (unpaired) electrons. The lowest BCUT2D eigenvalue weighted by Crippen LogP contribution is -2.08. The minimum absolute atomic E-state index is 0.269. The summed E-state index contributed by atoms with van der Waals surface area (Å²) in [6.07, 6.45) is 0. The monoisotopic (exact) mass is 204 g/mol. The van der Waals surface area contributed by atoms with Crippen molar-refractivity contribution >= 4 is 27.2 Å². The first kappa shape index (κ1) is 11.0. The van der Waals surface area contributed by atoms with Gasteiger partial charge in [-0.2, -0.15) is 0 Å². The molecule has 0 rings (SSSR count). The van der Waals surface area contributed by atoms with Gasteiger partial charge in [0.25, 0.3) is 0 Å². The number of rotatable bonds is 2. The fourth-order valence-electron chi connectivity index (χ4n) is 0.766. The van der Waals surface area contributed by atoms with Crippen LogP contribution in [0.1, 0.15) is 20.8 Å². The molecule has 0 spiro atoms. The fourth-order valence-corrected chi connectivity index (χ4v) is 7.21. The summed E-state index contributed by atoms with van der Waals surface area (Å²) in [5.41, 5.74) is 0. The summed E-state index contributed by atoms with van der Waals surface area (Å²) in [4.78, 5) is 18.2. The van der Waals surface area contributed by atoms with E-state index < -0.39 is 15.9 Å². The van der Waals surface area contributed by atoms with E-state index in [4.69, 9.17) is 21.0 Å². The van der Waals surface area contributed by atoms with Crippen molar-refractivity contribution in [2.75, 3.05) is 5.75 Å². The van der Waals surface area contributed by atoms with Gasteiger partial charge in [-0.25, -0.2) is 0 Å². The Bertz CT molecular complexity index is 155. The average Bonchev–Trinajstić information content (AvgIpc) is 1.60. The third-order valence-corrected chi connectivity index (χ3v) is 8.84. The first-order valence-electron chi connectivity index (χ1n) is 3.14. The highest BCUT2D eigenvalue weighted by Gasteiger charge is 2.13. The lowest BCUT2D eigenvalue weighted by molar-refractivity contribution is 0.499. The zero-order chi connectivity index (χ0) is 8.36. The maximum Gasteiger partial charge on any atom is 0.236 e. The Kier molecular flexibility index (Phi) is 4.53. The summed E-state index contributed by atoms with van der Waals surface area (Å²) in [6, 6.07) is 0. The Morgan fingerprint density at radius 2 is 1.90 bits per heavy atom. The molecule has 0 heterocycles. The number of hydrogen-bond acceptors (Lipinski definition) is 0.